The molecule has 1 aliphatic rings. The van der Waals surface area contributed by atoms with Gasteiger partial charge >= 0.3 is 0 Å². The second kappa shape index (κ2) is 9.61. The van der Waals surface area contributed by atoms with E-state index in [4.69, 9.17) is 21.3 Å². The van der Waals surface area contributed by atoms with Gasteiger partial charge in [0.2, 0.25) is 0 Å². The van der Waals surface area contributed by atoms with Gasteiger partial charge in [0.15, 0.2) is 12.3 Å². The average Bonchev–Trinajstić information content (AvgIpc) is 3.62. The van der Waals surface area contributed by atoms with Crippen molar-refractivity contribution in [2.75, 3.05) is 32.1 Å². The molecule has 34 heavy (non-hydrogen) atoms. The van der Waals surface area contributed by atoms with Crippen LogP contribution < -0.4 is 20.7 Å². The Balaban J connectivity index is 1.42. The molecule has 0 spiro atoms. The molecule has 1 aliphatic heterocycles. The molecule has 10 heteroatoms. The van der Waals surface area contributed by atoms with Crippen molar-refractivity contribution in [3.05, 3.63) is 57.9 Å². The Morgan fingerprint density at radius 2 is 2.15 bits per heavy atom. The molecule has 8 nitrogen and oxygen atoms in total. The second-order valence-corrected chi connectivity index (χ2v) is 9.58. The van der Waals surface area contributed by atoms with Crippen LogP contribution in [0.2, 0.25) is 5.02 Å². The molecule has 4 N–H and O–H groups in total. The number of hydrogen-bond acceptors (Lipinski definition) is 7. The van der Waals surface area contributed by atoms with Crippen LogP contribution in [0.3, 0.4) is 0 Å². The molecule has 0 saturated carbocycles. The first-order valence-electron chi connectivity index (χ1n) is 11.0. The first kappa shape index (κ1) is 22.6. The van der Waals surface area contributed by atoms with E-state index in [2.05, 4.69) is 42.7 Å². The number of likely N-dealkylation sites (N-methyl/N-ethyl adjacent to an activating group) is 1. The summed E-state index contributed by atoms with van der Waals surface area (Å²) in [5.74, 6) is 1.11. The van der Waals surface area contributed by atoms with Gasteiger partial charge < -0.3 is 25.7 Å². The Morgan fingerprint density at radius 3 is 2.85 bits per heavy atom. The molecule has 3 aromatic heterocycles. The lowest BCUT2D eigenvalue weighted by Gasteiger charge is -2.31. The van der Waals surface area contributed by atoms with Crippen molar-refractivity contribution in [1.29, 1.82) is 0 Å². The van der Waals surface area contributed by atoms with Crippen LogP contribution in [-0.2, 0) is 11.2 Å². The zero-order valence-electron chi connectivity index (χ0n) is 18.7. The largest absolute Gasteiger partial charge is 0.484 e. The van der Waals surface area contributed by atoms with Crippen LogP contribution in [-0.4, -0.2) is 53.1 Å². The number of rotatable bonds is 8. The number of benzene rings is 1. The van der Waals surface area contributed by atoms with E-state index < -0.39 is 0 Å². The summed E-state index contributed by atoms with van der Waals surface area (Å²) < 4.78 is 5.48. The fourth-order valence-electron chi connectivity index (χ4n) is 4.22. The van der Waals surface area contributed by atoms with Crippen molar-refractivity contribution in [2.24, 2.45) is 0 Å². The van der Waals surface area contributed by atoms with E-state index in [0.717, 1.165) is 42.7 Å². The Hall–Kier alpha value is -3.14. The third-order valence-corrected chi connectivity index (χ3v) is 7.03. The Kier molecular flexibility index (Phi) is 6.40. The quantitative estimate of drug-likeness (QED) is 0.295. The molecule has 0 bridgehead atoms. The van der Waals surface area contributed by atoms with Gasteiger partial charge in [-0.05, 0) is 66.0 Å². The van der Waals surface area contributed by atoms with Gasteiger partial charge in [-0.25, -0.2) is 9.97 Å². The maximum absolute atomic E-state index is 11.4. The van der Waals surface area contributed by atoms with Crippen molar-refractivity contribution in [2.45, 2.75) is 18.4 Å². The zero-order chi connectivity index (χ0) is 23.5. The number of nitrogens with one attached hydrogen (secondary N) is 4. The lowest BCUT2D eigenvalue weighted by Crippen LogP contribution is -2.42. The number of carbonyl (C=O) groups is 1. The Labute approximate surface area is 206 Å². The number of amides is 1. The van der Waals surface area contributed by atoms with Gasteiger partial charge in [0, 0.05) is 19.2 Å². The van der Waals surface area contributed by atoms with Crippen LogP contribution in [0.25, 0.3) is 22.6 Å². The molecule has 1 aromatic carbocycles. The van der Waals surface area contributed by atoms with Gasteiger partial charge in [0.1, 0.15) is 17.1 Å². The number of aromatic amines is 1. The minimum atomic E-state index is -0.182. The third kappa shape index (κ3) is 4.72. The zero-order valence-corrected chi connectivity index (χ0v) is 20.2. The fourth-order valence-corrected chi connectivity index (χ4v) is 5.08. The van der Waals surface area contributed by atoms with Crippen molar-refractivity contribution in [3.8, 4) is 17.1 Å². The third-order valence-electron chi connectivity index (χ3n) is 6.01. The summed E-state index contributed by atoms with van der Waals surface area (Å²) in [5, 5.41) is 14.6. The minimum Gasteiger partial charge on any atom is -0.484 e. The monoisotopic (exact) mass is 496 g/mol. The number of ether oxygens (including phenoxy) is 1. The van der Waals surface area contributed by atoms with Gasteiger partial charge in [-0.15, -0.1) is 0 Å². The van der Waals surface area contributed by atoms with Gasteiger partial charge in [0.25, 0.3) is 5.91 Å². The maximum atomic E-state index is 11.4. The number of carbonyl (C=O) groups excluding carboxylic acids is 1. The summed E-state index contributed by atoms with van der Waals surface area (Å²) in [4.78, 5) is 23.9. The van der Waals surface area contributed by atoms with E-state index in [1.807, 2.05) is 24.3 Å². The van der Waals surface area contributed by atoms with Crippen LogP contribution in [0.15, 0.2) is 47.3 Å². The number of imidazole rings is 1. The maximum Gasteiger partial charge on any atom is 0.257 e. The highest BCUT2D eigenvalue weighted by Gasteiger charge is 2.35. The molecule has 0 radical (unpaired) electrons. The normalized spacial score (nSPS) is 17.7. The lowest BCUT2D eigenvalue weighted by molar-refractivity contribution is -0.122. The number of aromatic nitrogens is 3. The number of H-pyrrole nitrogens is 1. The molecular weight excluding hydrogens is 472 g/mol. The topological polar surface area (TPSA) is 104 Å². The van der Waals surface area contributed by atoms with E-state index in [0.29, 0.717) is 22.2 Å². The van der Waals surface area contributed by atoms with Gasteiger partial charge in [0.05, 0.1) is 22.4 Å². The lowest BCUT2D eigenvalue weighted by atomic mass is 9.90. The van der Waals surface area contributed by atoms with E-state index in [-0.39, 0.29) is 18.1 Å². The van der Waals surface area contributed by atoms with E-state index >= 15 is 0 Å². The van der Waals surface area contributed by atoms with Crippen LogP contribution >= 0.6 is 22.9 Å². The summed E-state index contributed by atoms with van der Waals surface area (Å²) >= 11 is 8.35. The minimum absolute atomic E-state index is 0.0279. The summed E-state index contributed by atoms with van der Waals surface area (Å²) in [7, 11) is 1.58. The highest BCUT2D eigenvalue weighted by atomic mass is 35.5. The highest BCUT2D eigenvalue weighted by Crippen LogP contribution is 2.35. The smallest absolute Gasteiger partial charge is 0.257 e. The molecular formula is C24H25ClN6O2S. The predicted octanol–water partition coefficient (Wildman–Crippen LogP) is 3.85. The summed E-state index contributed by atoms with van der Waals surface area (Å²) in [5.41, 5.74) is 4.23. The molecule has 4 aromatic rings. The number of thiophene rings is 1. The van der Waals surface area contributed by atoms with Crippen LogP contribution in [0, 0.1) is 0 Å². The standard InChI is InChI=1S/C24H25ClN6O2S/c1-26-19(32)12-33-17-4-2-16(3-5-17)22-29-21-20(18(25)11-28-23(21)30-22)31-24(7-8-27-14-24)10-15-6-9-34-13-15/h2-6,9,11,13,27H,7-8,10,12,14H2,1H3,(H,26,32)(H2,28,29,30,31)/t24-/m1/s1. The van der Waals surface area contributed by atoms with Crippen LogP contribution in [0.5, 0.6) is 5.75 Å². The molecule has 5 rings (SSSR count). The second-order valence-electron chi connectivity index (χ2n) is 8.39. The van der Waals surface area contributed by atoms with E-state index in [1.165, 1.54) is 5.56 Å². The van der Waals surface area contributed by atoms with Crippen LogP contribution in [0.1, 0.15) is 12.0 Å². The molecule has 1 atom stereocenters. The number of fused-ring (bicyclic) bond motifs is 1. The number of halogens is 1. The summed E-state index contributed by atoms with van der Waals surface area (Å²) in [6, 6.07) is 9.58. The van der Waals surface area contributed by atoms with Gasteiger partial charge in [-0.3, -0.25) is 4.79 Å². The average molecular weight is 497 g/mol. The van der Waals surface area contributed by atoms with E-state index in [1.54, 1.807) is 24.6 Å². The van der Waals surface area contributed by atoms with Crippen LogP contribution in [0.4, 0.5) is 5.69 Å². The number of pyridine rings is 1. The SMILES string of the molecule is CNC(=O)COc1ccc(-c2nc3ncc(Cl)c(N[C@@]4(Cc5ccsc5)CCNC4)c3[nH]2)cc1. The Bertz CT molecular complexity index is 1280. The van der Waals surface area contributed by atoms with Crippen molar-refractivity contribution >= 4 is 45.7 Å². The summed E-state index contributed by atoms with van der Waals surface area (Å²) in [6.07, 6.45) is 3.54. The molecule has 4 heterocycles. The summed E-state index contributed by atoms with van der Waals surface area (Å²) in [6.45, 7) is 1.77. The molecule has 0 unspecified atom stereocenters. The predicted molar refractivity (Wildman–Crippen MR) is 136 cm³/mol. The molecule has 176 valence electrons. The van der Waals surface area contributed by atoms with Crippen molar-refractivity contribution in [3.63, 3.8) is 0 Å². The number of hydrogen-bond donors (Lipinski definition) is 4. The van der Waals surface area contributed by atoms with Crippen molar-refractivity contribution in [1.82, 2.24) is 25.6 Å². The molecule has 0 aliphatic carbocycles. The molecule has 1 saturated heterocycles. The number of nitrogens with zero attached hydrogens (tertiary/aromatic N) is 2. The first-order valence-corrected chi connectivity index (χ1v) is 12.4. The Morgan fingerprint density at radius 1 is 1.29 bits per heavy atom. The fraction of sp³-hybridized carbons (Fsp3) is 0.292. The molecule has 1 fully saturated rings. The number of anilines is 1. The van der Waals surface area contributed by atoms with Gasteiger partial charge in [-0.2, -0.15) is 11.3 Å². The first-order chi connectivity index (χ1) is 16.5. The van der Waals surface area contributed by atoms with Crippen molar-refractivity contribution < 1.29 is 9.53 Å². The highest BCUT2D eigenvalue weighted by molar-refractivity contribution is 7.07. The molecule has 1 amide bonds. The van der Waals surface area contributed by atoms with Gasteiger partial charge in [-0.1, -0.05) is 11.6 Å². The van der Waals surface area contributed by atoms with E-state index in [9.17, 15) is 4.79 Å².